The smallest absolute Gasteiger partial charge is 0.222 e. The van der Waals surface area contributed by atoms with E-state index in [0.29, 0.717) is 28.1 Å². The first-order valence-corrected chi connectivity index (χ1v) is 15.8. The van der Waals surface area contributed by atoms with E-state index < -0.39 is 14.4 Å². The third kappa shape index (κ3) is 6.47. The maximum absolute atomic E-state index is 13.0. The number of halogens is 1. The number of aromatic nitrogens is 3. The molecule has 200 valence electrons. The van der Waals surface area contributed by atoms with E-state index in [1.54, 1.807) is 32.3 Å². The van der Waals surface area contributed by atoms with Crippen LogP contribution in [0.15, 0.2) is 47.5 Å². The lowest BCUT2D eigenvalue weighted by Gasteiger charge is -2.15. The molecule has 0 saturated carbocycles. The molecule has 0 saturated heterocycles. The molecule has 2 aromatic carbocycles. The predicted octanol–water partition coefficient (Wildman–Crippen LogP) is 2.88. The van der Waals surface area contributed by atoms with Gasteiger partial charge in [0.1, 0.15) is 17.6 Å². The van der Waals surface area contributed by atoms with Gasteiger partial charge < -0.3 is 20.2 Å². The Balaban J connectivity index is 1.62. The summed E-state index contributed by atoms with van der Waals surface area (Å²) in [5, 5.41) is 14.8. The SMILES string of the molecule is COc1ccc2c(c1)C(c1ccc(Cl)cc1)=N[C@@H](CC(=O)NCCC(=O)NC[Si](C)(C)O)c1nnc(C)n1-2. The molecule has 3 N–H and O–H groups in total. The maximum Gasteiger partial charge on any atom is 0.222 e. The monoisotopic (exact) mass is 554 g/mol. The first kappa shape index (κ1) is 27.5. The minimum atomic E-state index is -2.38. The number of nitrogens with zero attached hydrogens (tertiary/aromatic N) is 4. The second kappa shape index (κ2) is 11.5. The van der Waals surface area contributed by atoms with Crippen molar-refractivity contribution in [1.29, 1.82) is 0 Å². The standard InChI is InChI=1S/C26H31ClN6O4Si/c1-16-31-32-26-21(14-24(35)28-12-11-23(34)29-15-38(3,4)36)30-25(17-5-7-18(27)8-6-17)20-13-19(37-2)9-10-22(20)33(16)26/h5-10,13,21,36H,11-12,14-15H2,1-4H3,(H,28,35)(H,29,34)/t21-/m0/s1. The molecular weight excluding hydrogens is 524 g/mol. The highest BCUT2D eigenvalue weighted by atomic mass is 35.5. The number of aryl methyl sites for hydroxylation is 1. The van der Waals surface area contributed by atoms with Crippen LogP contribution in [0.1, 0.15) is 41.7 Å². The summed E-state index contributed by atoms with van der Waals surface area (Å²) in [7, 11) is -0.778. The Kier molecular flexibility index (Phi) is 8.29. The molecule has 1 aliphatic heterocycles. The van der Waals surface area contributed by atoms with Crippen LogP contribution in [0, 0.1) is 6.92 Å². The average molecular weight is 555 g/mol. The minimum Gasteiger partial charge on any atom is -0.497 e. The molecule has 12 heteroatoms. The summed E-state index contributed by atoms with van der Waals surface area (Å²) in [4.78, 5) is 39.9. The van der Waals surface area contributed by atoms with Gasteiger partial charge in [-0.05, 0) is 50.3 Å². The fourth-order valence-electron chi connectivity index (χ4n) is 4.14. The van der Waals surface area contributed by atoms with Crippen LogP contribution in [-0.4, -0.2) is 65.2 Å². The van der Waals surface area contributed by atoms with Crippen LogP contribution in [0.5, 0.6) is 5.75 Å². The van der Waals surface area contributed by atoms with Crippen LogP contribution in [0.25, 0.3) is 5.69 Å². The van der Waals surface area contributed by atoms with E-state index in [9.17, 15) is 14.4 Å². The van der Waals surface area contributed by atoms with Gasteiger partial charge in [0.2, 0.25) is 20.1 Å². The number of aliphatic imine (C=N–C) groups is 1. The van der Waals surface area contributed by atoms with Crippen LogP contribution < -0.4 is 15.4 Å². The van der Waals surface area contributed by atoms with Gasteiger partial charge in [-0.3, -0.25) is 19.1 Å². The van der Waals surface area contributed by atoms with Gasteiger partial charge in [0.25, 0.3) is 0 Å². The first-order valence-electron chi connectivity index (χ1n) is 12.3. The number of carbonyl (C=O) groups is 2. The van der Waals surface area contributed by atoms with E-state index in [2.05, 4.69) is 20.8 Å². The largest absolute Gasteiger partial charge is 0.497 e. The van der Waals surface area contributed by atoms with Crippen molar-refractivity contribution in [2.45, 2.75) is 38.9 Å². The van der Waals surface area contributed by atoms with Crippen molar-refractivity contribution in [3.63, 3.8) is 0 Å². The first-order chi connectivity index (χ1) is 18.1. The molecule has 10 nitrogen and oxygen atoms in total. The van der Waals surface area contributed by atoms with Crippen molar-refractivity contribution < 1.29 is 19.1 Å². The van der Waals surface area contributed by atoms with Crippen molar-refractivity contribution in [2.75, 3.05) is 19.8 Å². The summed E-state index contributed by atoms with van der Waals surface area (Å²) in [5.41, 5.74) is 3.14. The summed E-state index contributed by atoms with van der Waals surface area (Å²) in [6.45, 7) is 5.51. The fourth-order valence-corrected chi connectivity index (χ4v) is 4.90. The summed E-state index contributed by atoms with van der Waals surface area (Å²) in [5.74, 6) is 1.38. The Labute approximate surface area is 227 Å². The van der Waals surface area contributed by atoms with E-state index in [1.807, 2.05) is 41.8 Å². The minimum absolute atomic E-state index is 0.0125. The average Bonchev–Trinajstić information content (AvgIpc) is 3.20. The molecule has 0 radical (unpaired) electrons. The zero-order valence-corrected chi connectivity index (χ0v) is 23.5. The normalized spacial score (nSPS) is 14.6. The molecule has 2 heterocycles. The van der Waals surface area contributed by atoms with E-state index in [-0.39, 0.29) is 37.4 Å². The fraction of sp³-hybridized carbons (Fsp3) is 0.346. The predicted molar refractivity (Wildman–Crippen MR) is 147 cm³/mol. The molecule has 4 rings (SSSR count). The number of carbonyl (C=O) groups excluding carboxylic acids is 2. The maximum atomic E-state index is 13.0. The van der Waals surface area contributed by atoms with Crippen molar-refractivity contribution in [3.05, 3.63) is 70.3 Å². The number of benzene rings is 2. The second-order valence-electron chi connectivity index (χ2n) is 9.72. The molecule has 3 aromatic rings. The van der Waals surface area contributed by atoms with Crippen molar-refractivity contribution in [1.82, 2.24) is 25.4 Å². The number of hydrogen-bond donors (Lipinski definition) is 3. The molecule has 38 heavy (non-hydrogen) atoms. The Bertz CT molecular complexity index is 1370. The molecule has 0 fully saturated rings. The lowest BCUT2D eigenvalue weighted by atomic mass is 10.00. The van der Waals surface area contributed by atoms with Crippen LogP contribution in [0.2, 0.25) is 18.1 Å². The van der Waals surface area contributed by atoms with Crippen molar-refractivity contribution >= 4 is 37.4 Å². The highest BCUT2D eigenvalue weighted by Gasteiger charge is 2.30. The molecule has 2 amide bonds. The van der Waals surface area contributed by atoms with Gasteiger partial charge >= 0.3 is 0 Å². The number of amides is 2. The van der Waals surface area contributed by atoms with E-state index in [4.69, 9.17) is 21.3 Å². The highest BCUT2D eigenvalue weighted by Crippen LogP contribution is 2.34. The Morgan fingerprint density at radius 3 is 2.53 bits per heavy atom. The van der Waals surface area contributed by atoms with Crippen molar-refractivity contribution in [2.24, 2.45) is 4.99 Å². The van der Waals surface area contributed by atoms with Gasteiger partial charge in [0, 0.05) is 35.3 Å². The molecule has 0 spiro atoms. The molecule has 0 unspecified atom stereocenters. The highest BCUT2D eigenvalue weighted by molar-refractivity contribution is 6.70. The van der Waals surface area contributed by atoms with Gasteiger partial charge in [-0.15, -0.1) is 10.2 Å². The number of ether oxygens (including phenoxy) is 1. The molecule has 1 aromatic heterocycles. The molecule has 1 atom stereocenters. The number of methoxy groups -OCH3 is 1. The number of fused-ring (bicyclic) bond motifs is 3. The lowest BCUT2D eigenvalue weighted by Crippen LogP contribution is -2.43. The third-order valence-electron chi connectivity index (χ3n) is 6.02. The zero-order chi connectivity index (χ0) is 27.4. The van der Waals surface area contributed by atoms with Crippen LogP contribution in [-0.2, 0) is 9.59 Å². The summed E-state index contributed by atoms with van der Waals surface area (Å²) < 4.78 is 7.40. The van der Waals surface area contributed by atoms with Gasteiger partial charge in [0.15, 0.2) is 5.82 Å². The molecule has 0 bridgehead atoms. The van der Waals surface area contributed by atoms with Gasteiger partial charge in [-0.1, -0.05) is 23.7 Å². The van der Waals surface area contributed by atoms with E-state index in [1.165, 1.54) is 0 Å². The number of rotatable bonds is 9. The quantitative estimate of drug-likeness (QED) is 0.349. The van der Waals surface area contributed by atoms with Crippen molar-refractivity contribution in [3.8, 4) is 11.4 Å². The molecule has 0 aliphatic carbocycles. The molecule has 1 aliphatic rings. The van der Waals surface area contributed by atoms with Gasteiger partial charge in [0.05, 0.1) is 24.9 Å². The number of hydrogen-bond acceptors (Lipinski definition) is 7. The summed E-state index contributed by atoms with van der Waals surface area (Å²) >= 11 is 6.14. The van der Waals surface area contributed by atoms with Crippen LogP contribution in [0.4, 0.5) is 0 Å². The van der Waals surface area contributed by atoms with E-state index >= 15 is 0 Å². The molecular formula is C26H31ClN6O4Si. The summed E-state index contributed by atoms with van der Waals surface area (Å²) in [6, 6.07) is 12.4. The zero-order valence-electron chi connectivity index (χ0n) is 21.8. The van der Waals surface area contributed by atoms with Crippen LogP contribution in [0.3, 0.4) is 0 Å². The van der Waals surface area contributed by atoms with Gasteiger partial charge in [-0.25, -0.2) is 0 Å². The Hall–Kier alpha value is -3.54. The van der Waals surface area contributed by atoms with Gasteiger partial charge in [-0.2, -0.15) is 0 Å². The van der Waals surface area contributed by atoms with Crippen LogP contribution >= 0.6 is 11.6 Å². The topological polar surface area (TPSA) is 131 Å². The number of nitrogens with one attached hydrogen (secondary N) is 2. The second-order valence-corrected chi connectivity index (χ2v) is 14.1. The summed E-state index contributed by atoms with van der Waals surface area (Å²) in [6.07, 6.45) is 0.393. The Morgan fingerprint density at radius 2 is 1.84 bits per heavy atom. The Morgan fingerprint density at radius 1 is 1.11 bits per heavy atom. The third-order valence-corrected chi connectivity index (χ3v) is 7.32. The van der Waals surface area contributed by atoms with E-state index in [0.717, 1.165) is 16.8 Å². The lowest BCUT2D eigenvalue weighted by molar-refractivity contribution is -0.122.